The molecule has 0 radical (unpaired) electrons. The topological polar surface area (TPSA) is 32.6 Å². The summed E-state index contributed by atoms with van der Waals surface area (Å²) >= 11 is 12.2. The number of phenols is 1. The van der Waals surface area contributed by atoms with Crippen molar-refractivity contribution in [1.29, 1.82) is 0 Å². The number of hydrogen-bond acceptors (Lipinski definition) is 2. The standard InChI is InChI=1S/C17H11Cl2NO/c18-14-6-3-7-15(19)17(14)20-10-13-12-5-2-1-4-11(12)8-9-16(13)21/h1-10,21H. The molecule has 4 heteroatoms. The molecule has 0 spiro atoms. The van der Waals surface area contributed by atoms with E-state index in [0.717, 1.165) is 10.8 Å². The average Bonchev–Trinajstić information content (AvgIpc) is 2.48. The van der Waals surface area contributed by atoms with E-state index in [9.17, 15) is 5.11 Å². The third-order valence-corrected chi connectivity index (χ3v) is 3.82. The summed E-state index contributed by atoms with van der Waals surface area (Å²) in [7, 11) is 0. The summed E-state index contributed by atoms with van der Waals surface area (Å²) in [5, 5.41) is 13.0. The Labute approximate surface area is 132 Å². The molecule has 0 saturated carbocycles. The normalized spacial score (nSPS) is 11.3. The molecule has 3 aromatic carbocycles. The molecule has 0 saturated heterocycles. The van der Waals surface area contributed by atoms with Crippen LogP contribution in [0.15, 0.2) is 59.6 Å². The van der Waals surface area contributed by atoms with Gasteiger partial charge in [-0.25, -0.2) is 0 Å². The van der Waals surface area contributed by atoms with Gasteiger partial charge < -0.3 is 5.11 Å². The zero-order valence-electron chi connectivity index (χ0n) is 10.9. The van der Waals surface area contributed by atoms with Crippen molar-refractivity contribution >= 4 is 45.9 Å². The molecule has 2 nitrogen and oxygen atoms in total. The van der Waals surface area contributed by atoms with E-state index in [1.807, 2.05) is 30.3 Å². The number of phenolic OH excluding ortho intramolecular Hbond substituents is 1. The van der Waals surface area contributed by atoms with Crippen molar-refractivity contribution in [2.24, 2.45) is 4.99 Å². The van der Waals surface area contributed by atoms with E-state index in [0.29, 0.717) is 21.3 Å². The van der Waals surface area contributed by atoms with Gasteiger partial charge in [0.1, 0.15) is 11.4 Å². The van der Waals surface area contributed by atoms with Crippen LogP contribution < -0.4 is 0 Å². The van der Waals surface area contributed by atoms with Crippen LogP contribution in [-0.2, 0) is 0 Å². The fourth-order valence-electron chi connectivity index (χ4n) is 2.16. The van der Waals surface area contributed by atoms with Crippen molar-refractivity contribution in [3.63, 3.8) is 0 Å². The van der Waals surface area contributed by atoms with Gasteiger partial charge in [0, 0.05) is 11.8 Å². The van der Waals surface area contributed by atoms with Crippen LogP contribution in [0.25, 0.3) is 10.8 Å². The van der Waals surface area contributed by atoms with Gasteiger partial charge in [0.25, 0.3) is 0 Å². The Kier molecular flexibility index (Phi) is 3.82. The second-order valence-corrected chi connectivity index (χ2v) is 5.36. The quantitative estimate of drug-likeness (QED) is 0.613. The third-order valence-electron chi connectivity index (χ3n) is 3.21. The molecular weight excluding hydrogens is 305 g/mol. The number of benzene rings is 3. The number of aliphatic imine (C=N–C) groups is 1. The van der Waals surface area contributed by atoms with Gasteiger partial charge in [0.05, 0.1) is 10.0 Å². The van der Waals surface area contributed by atoms with Crippen LogP contribution >= 0.6 is 23.2 Å². The Morgan fingerprint density at radius 2 is 1.57 bits per heavy atom. The molecule has 0 unspecified atom stereocenters. The molecular formula is C17H11Cl2NO. The fraction of sp³-hybridized carbons (Fsp3) is 0. The van der Waals surface area contributed by atoms with E-state index in [1.165, 1.54) is 0 Å². The van der Waals surface area contributed by atoms with Gasteiger partial charge in [0.2, 0.25) is 0 Å². The smallest absolute Gasteiger partial charge is 0.124 e. The molecule has 104 valence electrons. The number of fused-ring (bicyclic) bond motifs is 1. The van der Waals surface area contributed by atoms with Gasteiger partial charge in [-0.3, -0.25) is 4.99 Å². The van der Waals surface area contributed by atoms with Crippen molar-refractivity contribution < 1.29 is 5.11 Å². The third kappa shape index (κ3) is 2.73. The Morgan fingerprint density at radius 3 is 2.33 bits per heavy atom. The Bertz CT molecular complexity index is 823. The molecule has 1 N–H and O–H groups in total. The van der Waals surface area contributed by atoms with Crippen LogP contribution in [-0.4, -0.2) is 11.3 Å². The van der Waals surface area contributed by atoms with Gasteiger partial charge in [-0.2, -0.15) is 0 Å². The molecule has 0 aromatic heterocycles. The average molecular weight is 316 g/mol. The largest absolute Gasteiger partial charge is 0.507 e. The van der Waals surface area contributed by atoms with Crippen molar-refractivity contribution in [3.8, 4) is 5.75 Å². The number of para-hydroxylation sites is 1. The monoisotopic (exact) mass is 315 g/mol. The number of nitrogens with zero attached hydrogens (tertiary/aromatic N) is 1. The predicted octanol–water partition coefficient (Wildman–Crippen LogP) is 5.60. The highest BCUT2D eigenvalue weighted by atomic mass is 35.5. The Balaban J connectivity index is 2.14. The van der Waals surface area contributed by atoms with Crippen molar-refractivity contribution in [1.82, 2.24) is 0 Å². The maximum Gasteiger partial charge on any atom is 0.124 e. The van der Waals surface area contributed by atoms with Crippen LogP contribution in [0.3, 0.4) is 0 Å². The summed E-state index contributed by atoms with van der Waals surface area (Å²) in [4.78, 5) is 4.34. The van der Waals surface area contributed by atoms with Crippen LogP contribution in [0.4, 0.5) is 5.69 Å². The molecule has 0 bridgehead atoms. The molecule has 0 aliphatic heterocycles. The van der Waals surface area contributed by atoms with E-state index in [-0.39, 0.29) is 5.75 Å². The molecule has 0 atom stereocenters. The van der Waals surface area contributed by atoms with Gasteiger partial charge in [-0.15, -0.1) is 0 Å². The number of halogens is 2. The zero-order valence-corrected chi connectivity index (χ0v) is 12.4. The zero-order chi connectivity index (χ0) is 14.8. The first-order valence-corrected chi connectivity index (χ1v) is 7.11. The molecule has 0 fully saturated rings. The lowest BCUT2D eigenvalue weighted by Crippen LogP contribution is -1.86. The minimum Gasteiger partial charge on any atom is -0.507 e. The van der Waals surface area contributed by atoms with Gasteiger partial charge in [-0.05, 0) is 29.0 Å². The molecule has 0 aliphatic rings. The van der Waals surface area contributed by atoms with E-state index in [2.05, 4.69) is 4.99 Å². The van der Waals surface area contributed by atoms with E-state index in [1.54, 1.807) is 30.5 Å². The number of rotatable bonds is 2. The van der Waals surface area contributed by atoms with Gasteiger partial charge in [0.15, 0.2) is 0 Å². The SMILES string of the molecule is Oc1ccc2ccccc2c1C=Nc1c(Cl)cccc1Cl. The molecule has 21 heavy (non-hydrogen) atoms. The van der Waals surface area contributed by atoms with E-state index >= 15 is 0 Å². The highest BCUT2D eigenvalue weighted by molar-refractivity contribution is 6.38. The fourth-order valence-corrected chi connectivity index (χ4v) is 2.66. The van der Waals surface area contributed by atoms with Crippen LogP contribution in [0.1, 0.15) is 5.56 Å². The van der Waals surface area contributed by atoms with Gasteiger partial charge in [-0.1, -0.05) is 59.6 Å². The summed E-state index contributed by atoms with van der Waals surface area (Å²) in [6.45, 7) is 0. The number of hydrogen-bond donors (Lipinski definition) is 1. The van der Waals surface area contributed by atoms with Crippen molar-refractivity contribution in [3.05, 3.63) is 70.2 Å². The lowest BCUT2D eigenvalue weighted by molar-refractivity contribution is 0.475. The highest BCUT2D eigenvalue weighted by Gasteiger charge is 2.06. The van der Waals surface area contributed by atoms with Crippen molar-refractivity contribution in [2.75, 3.05) is 0 Å². The first-order chi connectivity index (χ1) is 10.2. The van der Waals surface area contributed by atoms with E-state index < -0.39 is 0 Å². The summed E-state index contributed by atoms with van der Waals surface area (Å²) in [6, 6.07) is 16.5. The molecule has 3 aromatic rings. The minimum absolute atomic E-state index is 0.167. The lowest BCUT2D eigenvalue weighted by Gasteiger charge is -2.05. The maximum absolute atomic E-state index is 10.1. The van der Waals surface area contributed by atoms with Gasteiger partial charge >= 0.3 is 0 Å². The molecule has 0 aliphatic carbocycles. The Hall–Kier alpha value is -2.03. The Morgan fingerprint density at radius 1 is 0.857 bits per heavy atom. The minimum atomic E-state index is 0.167. The highest BCUT2D eigenvalue weighted by Crippen LogP contribution is 2.33. The first-order valence-electron chi connectivity index (χ1n) is 6.35. The first kappa shape index (κ1) is 13.9. The lowest BCUT2D eigenvalue weighted by atomic mass is 10.0. The predicted molar refractivity (Wildman–Crippen MR) is 89.3 cm³/mol. The summed E-state index contributed by atoms with van der Waals surface area (Å²) in [6.07, 6.45) is 1.59. The van der Waals surface area contributed by atoms with Crippen LogP contribution in [0.2, 0.25) is 10.0 Å². The summed E-state index contributed by atoms with van der Waals surface area (Å²) < 4.78 is 0. The van der Waals surface area contributed by atoms with Crippen molar-refractivity contribution in [2.45, 2.75) is 0 Å². The molecule has 3 rings (SSSR count). The van der Waals surface area contributed by atoms with E-state index in [4.69, 9.17) is 23.2 Å². The van der Waals surface area contributed by atoms with Crippen LogP contribution in [0.5, 0.6) is 5.75 Å². The number of aromatic hydroxyl groups is 1. The summed E-state index contributed by atoms with van der Waals surface area (Å²) in [5.41, 5.74) is 1.14. The molecule has 0 amide bonds. The molecule has 0 heterocycles. The second-order valence-electron chi connectivity index (χ2n) is 4.55. The summed E-state index contributed by atoms with van der Waals surface area (Å²) in [5.74, 6) is 0.167. The van der Waals surface area contributed by atoms with Crippen LogP contribution in [0, 0.1) is 0 Å². The second kappa shape index (κ2) is 5.76. The maximum atomic E-state index is 10.1.